The molecule has 7 nitrogen and oxygen atoms in total. The molecule has 1 aromatic carbocycles. The summed E-state index contributed by atoms with van der Waals surface area (Å²) in [6.07, 6.45) is 0.943. The Morgan fingerprint density at radius 2 is 2.04 bits per heavy atom. The number of fused-ring (bicyclic) bond motifs is 1. The molecule has 0 aromatic heterocycles. The molecule has 2 amide bonds. The molecular formula is C16H18N2O5. The fourth-order valence-electron chi connectivity index (χ4n) is 2.70. The molecule has 1 aromatic rings. The van der Waals surface area contributed by atoms with E-state index in [-0.39, 0.29) is 30.9 Å². The summed E-state index contributed by atoms with van der Waals surface area (Å²) in [6.45, 7) is 1.12. The first kappa shape index (κ1) is 15.3. The van der Waals surface area contributed by atoms with Gasteiger partial charge in [0.05, 0.1) is 5.69 Å². The van der Waals surface area contributed by atoms with E-state index in [0.29, 0.717) is 11.4 Å². The van der Waals surface area contributed by atoms with Crippen molar-refractivity contribution in [2.75, 3.05) is 18.0 Å². The van der Waals surface area contributed by atoms with Crippen LogP contribution in [-0.4, -0.2) is 53.0 Å². The first-order valence-corrected chi connectivity index (χ1v) is 7.55. The van der Waals surface area contributed by atoms with Crippen LogP contribution in [-0.2, 0) is 14.4 Å². The minimum absolute atomic E-state index is 0.0255. The van der Waals surface area contributed by atoms with Crippen LogP contribution in [0.4, 0.5) is 5.69 Å². The lowest BCUT2D eigenvalue weighted by Gasteiger charge is -2.33. The Hall–Kier alpha value is -2.57. The number of hydrogen-bond donors (Lipinski definition) is 1. The number of benzene rings is 1. The number of para-hydroxylation sites is 2. The predicted octanol–water partition coefficient (Wildman–Crippen LogP) is 0.876. The summed E-state index contributed by atoms with van der Waals surface area (Å²) >= 11 is 0. The molecule has 1 aliphatic carbocycles. The Kier molecular flexibility index (Phi) is 3.94. The largest absolute Gasteiger partial charge is 0.480 e. The number of aliphatic carboxylic acids is 1. The molecule has 0 radical (unpaired) electrons. The van der Waals surface area contributed by atoms with Gasteiger partial charge in [-0.3, -0.25) is 19.3 Å². The van der Waals surface area contributed by atoms with E-state index in [0.717, 1.165) is 12.8 Å². The fourth-order valence-corrected chi connectivity index (χ4v) is 2.70. The summed E-state index contributed by atoms with van der Waals surface area (Å²) in [5.74, 6) is -1.16. The van der Waals surface area contributed by atoms with E-state index in [1.807, 2.05) is 0 Å². The van der Waals surface area contributed by atoms with Gasteiger partial charge in [-0.15, -0.1) is 0 Å². The Balaban J connectivity index is 1.81. The average molecular weight is 318 g/mol. The van der Waals surface area contributed by atoms with Crippen molar-refractivity contribution in [1.82, 2.24) is 4.90 Å². The van der Waals surface area contributed by atoms with Crippen LogP contribution in [0.5, 0.6) is 5.75 Å². The third kappa shape index (κ3) is 3.13. The number of carboxylic acids is 1. The quantitative estimate of drug-likeness (QED) is 0.870. The second-order valence-corrected chi connectivity index (χ2v) is 5.80. The number of anilines is 1. The number of carboxylic acid groups (broad SMARTS) is 1. The molecule has 23 heavy (non-hydrogen) atoms. The minimum atomic E-state index is -1.05. The number of hydrogen-bond acceptors (Lipinski definition) is 4. The lowest BCUT2D eigenvalue weighted by Crippen LogP contribution is -2.50. The molecule has 3 rings (SSSR count). The monoisotopic (exact) mass is 318 g/mol. The molecule has 1 atom stereocenters. The summed E-state index contributed by atoms with van der Waals surface area (Å²) in [5.41, 5.74) is 0.537. The summed E-state index contributed by atoms with van der Waals surface area (Å²) in [6, 6.07) is 6.99. The van der Waals surface area contributed by atoms with Gasteiger partial charge in [-0.1, -0.05) is 12.1 Å². The molecule has 122 valence electrons. The standard InChI is InChI=1S/C16H18N2O5/c1-10-16(22)18(12-4-2-3-5-13(12)23-10)8-14(19)17(9-15(20)21)11-6-7-11/h2-5,10-11H,6-9H2,1H3,(H,20,21). The van der Waals surface area contributed by atoms with Gasteiger partial charge in [-0.2, -0.15) is 0 Å². The maximum atomic E-state index is 12.5. The number of amides is 2. The maximum Gasteiger partial charge on any atom is 0.323 e. The second-order valence-electron chi connectivity index (χ2n) is 5.80. The Bertz CT molecular complexity index is 656. The number of carbonyl (C=O) groups is 3. The molecule has 0 bridgehead atoms. The zero-order valence-corrected chi connectivity index (χ0v) is 12.8. The third-order valence-corrected chi connectivity index (χ3v) is 3.98. The number of nitrogens with zero attached hydrogens (tertiary/aromatic N) is 2. The smallest absolute Gasteiger partial charge is 0.323 e. The van der Waals surface area contributed by atoms with Crippen LogP contribution in [0, 0.1) is 0 Å². The molecule has 1 aliphatic heterocycles. The highest BCUT2D eigenvalue weighted by molar-refractivity contribution is 6.03. The zero-order chi connectivity index (χ0) is 16.6. The summed E-state index contributed by atoms with van der Waals surface area (Å²) in [7, 11) is 0. The van der Waals surface area contributed by atoms with Crippen molar-refractivity contribution >= 4 is 23.5 Å². The first-order valence-electron chi connectivity index (χ1n) is 7.55. The van der Waals surface area contributed by atoms with Gasteiger partial charge in [-0.05, 0) is 31.9 Å². The number of carbonyl (C=O) groups excluding carboxylic acids is 2. The van der Waals surface area contributed by atoms with E-state index in [1.165, 1.54) is 9.80 Å². The van der Waals surface area contributed by atoms with Crippen LogP contribution in [0.1, 0.15) is 19.8 Å². The summed E-state index contributed by atoms with van der Waals surface area (Å²) < 4.78 is 5.53. The summed E-state index contributed by atoms with van der Waals surface area (Å²) in [5, 5.41) is 8.97. The van der Waals surface area contributed by atoms with E-state index in [2.05, 4.69) is 0 Å². The fraction of sp³-hybridized carbons (Fsp3) is 0.438. The van der Waals surface area contributed by atoms with E-state index < -0.39 is 12.1 Å². The molecule has 7 heteroatoms. The minimum Gasteiger partial charge on any atom is -0.480 e. The van der Waals surface area contributed by atoms with E-state index in [9.17, 15) is 14.4 Å². The molecule has 1 saturated carbocycles. The van der Waals surface area contributed by atoms with Gasteiger partial charge in [0, 0.05) is 6.04 Å². The van der Waals surface area contributed by atoms with Crippen LogP contribution in [0.2, 0.25) is 0 Å². The van der Waals surface area contributed by atoms with Gasteiger partial charge in [0.1, 0.15) is 18.8 Å². The number of rotatable bonds is 5. The maximum absolute atomic E-state index is 12.5. The van der Waals surface area contributed by atoms with Gasteiger partial charge < -0.3 is 14.7 Å². The van der Waals surface area contributed by atoms with Gasteiger partial charge in [0.2, 0.25) is 5.91 Å². The van der Waals surface area contributed by atoms with Gasteiger partial charge in [-0.25, -0.2) is 0 Å². The van der Waals surface area contributed by atoms with Crippen molar-refractivity contribution in [2.24, 2.45) is 0 Å². The third-order valence-electron chi connectivity index (χ3n) is 3.98. The highest BCUT2D eigenvalue weighted by Crippen LogP contribution is 2.34. The second kappa shape index (κ2) is 5.91. The molecule has 1 unspecified atom stereocenters. The molecule has 0 spiro atoms. The lowest BCUT2D eigenvalue weighted by molar-refractivity contribution is -0.144. The highest BCUT2D eigenvalue weighted by atomic mass is 16.5. The highest BCUT2D eigenvalue weighted by Gasteiger charge is 2.37. The van der Waals surface area contributed by atoms with Crippen LogP contribution < -0.4 is 9.64 Å². The Labute approximate surface area is 133 Å². The predicted molar refractivity (Wildman–Crippen MR) is 81.3 cm³/mol. The van der Waals surface area contributed by atoms with Crippen molar-refractivity contribution in [3.05, 3.63) is 24.3 Å². The van der Waals surface area contributed by atoms with Crippen molar-refractivity contribution in [3.63, 3.8) is 0 Å². The molecule has 1 N–H and O–H groups in total. The Morgan fingerprint density at radius 1 is 1.35 bits per heavy atom. The van der Waals surface area contributed by atoms with Crippen molar-refractivity contribution in [1.29, 1.82) is 0 Å². The molecule has 1 fully saturated rings. The molecule has 1 heterocycles. The molecular weight excluding hydrogens is 300 g/mol. The van der Waals surface area contributed by atoms with Gasteiger partial charge in [0.25, 0.3) is 5.91 Å². The van der Waals surface area contributed by atoms with Gasteiger partial charge in [0.15, 0.2) is 6.10 Å². The molecule has 0 saturated heterocycles. The van der Waals surface area contributed by atoms with Crippen LogP contribution in [0.3, 0.4) is 0 Å². The number of ether oxygens (including phenoxy) is 1. The topological polar surface area (TPSA) is 87.2 Å². The van der Waals surface area contributed by atoms with Crippen molar-refractivity contribution < 1.29 is 24.2 Å². The SMILES string of the molecule is CC1Oc2ccccc2N(CC(=O)N(CC(=O)O)C2CC2)C1=O. The van der Waals surface area contributed by atoms with E-state index in [4.69, 9.17) is 9.84 Å². The first-order chi connectivity index (χ1) is 11.0. The Morgan fingerprint density at radius 3 is 2.70 bits per heavy atom. The van der Waals surface area contributed by atoms with E-state index in [1.54, 1.807) is 31.2 Å². The zero-order valence-electron chi connectivity index (χ0n) is 12.8. The molecule has 2 aliphatic rings. The van der Waals surface area contributed by atoms with E-state index >= 15 is 0 Å². The van der Waals surface area contributed by atoms with Crippen LogP contribution >= 0.6 is 0 Å². The van der Waals surface area contributed by atoms with Gasteiger partial charge >= 0.3 is 5.97 Å². The van der Waals surface area contributed by atoms with Crippen LogP contribution in [0.25, 0.3) is 0 Å². The normalized spacial score (nSPS) is 19.8. The average Bonchev–Trinajstić information content (AvgIpc) is 3.33. The van der Waals surface area contributed by atoms with Crippen molar-refractivity contribution in [3.8, 4) is 5.75 Å². The lowest BCUT2D eigenvalue weighted by atomic mass is 10.2. The van der Waals surface area contributed by atoms with Crippen LogP contribution in [0.15, 0.2) is 24.3 Å². The van der Waals surface area contributed by atoms with Crippen molar-refractivity contribution in [2.45, 2.75) is 31.9 Å². The summed E-state index contributed by atoms with van der Waals surface area (Å²) in [4.78, 5) is 38.6.